The fourth-order valence-electron chi connectivity index (χ4n) is 6.81. The summed E-state index contributed by atoms with van der Waals surface area (Å²) in [5.41, 5.74) is 1.87. The Bertz CT molecular complexity index is 1190. The third-order valence-corrected chi connectivity index (χ3v) is 9.27. The second kappa shape index (κ2) is 9.37. The number of amides is 5. The maximum absolute atomic E-state index is 13.2. The zero-order valence-corrected chi connectivity index (χ0v) is 21.4. The number of nitrogens with one attached hydrogen (secondary N) is 1. The highest BCUT2D eigenvalue weighted by atomic mass is 16.4. The van der Waals surface area contributed by atoms with Crippen LogP contribution in [-0.2, 0) is 9.59 Å². The van der Waals surface area contributed by atoms with Crippen molar-refractivity contribution in [1.82, 2.24) is 20.0 Å². The van der Waals surface area contributed by atoms with Gasteiger partial charge in [-0.3, -0.25) is 29.4 Å². The lowest BCUT2D eigenvalue weighted by Crippen LogP contribution is -2.55. The summed E-state index contributed by atoms with van der Waals surface area (Å²) in [6.45, 7) is 6.13. The van der Waals surface area contributed by atoms with Crippen LogP contribution in [0.25, 0.3) is 0 Å². The number of imide groups is 2. The van der Waals surface area contributed by atoms with Crippen LogP contribution < -0.4 is 10.2 Å². The highest BCUT2D eigenvalue weighted by molar-refractivity contribution is 6.23. The van der Waals surface area contributed by atoms with E-state index in [9.17, 15) is 24.0 Å². The molecule has 0 aliphatic carbocycles. The van der Waals surface area contributed by atoms with Crippen LogP contribution in [0.15, 0.2) is 18.2 Å². The molecule has 38 heavy (non-hydrogen) atoms. The highest BCUT2D eigenvalue weighted by Crippen LogP contribution is 2.43. The molecule has 1 aromatic carbocycles. The monoisotopic (exact) mass is 523 g/mol. The second-order valence-corrected chi connectivity index (χ2v) is 11.5. The predicted molar refractivity (Wildman–Crippen MR) is 136 cm³/mol. The summed E-state index contributed by atoms with van der Waals surface area (Å²) < 4.78 is 0. The smallest absolute Gasteiger partial charge is 0.407 e. The Hall–Kier alpha value is -3.47. The van der Waals surface area contributed by atoms with Crippen LogP contribution in [0.4, 0.5) is 10.5 Å². The van der Waals surface area contributed by atoms with Gasteiger partial charge in [-0.05, 0) is 68.8 Å². The van der Waals surface area contributed by atoms with Crippen LogP contribution in [0, 0.1) is 11.3 Å². The van der Waals surface area contributed by atoms with E-state index in [0.717, 1.165) is 69.0 Å². The Morgan fingerprint density at radius 3 is 2.26 bits per heavy atom. The lowest BCUT2D eigenvalue weighted by atomic mass is 9.71. The molecule has 5 aliphatic rings. The number of carbonyl (C=O) groups excluding carboxylic acids is 4. The van der Waals surface area contributed by atoms with Crippen molar-refractivity contribution >= 4 is 35.4 Å². The van der Waals surface area contributed by atoms with Gasteiger partial charge in [0.15, 0.2) is 0 Å². The summed E-state index contributed by atoms with van der Waals surface area (Å²) in [6, 6.07) is 4.40. The normalized spacial score (nSPS) is 26.0. The molecular weight excluding hydrogens is 490 g/mol. The molecule has 1 atom stereocenters. The molecule has 4 saturated heterocycles. The lowest BCUT2D eigenvalue weighted by Gasteiger charge is -2.49. The average molecular weight is 524 g/mol. The van der Waals surface area contributed by atoms with Crippen LogP contribution in [0.2, 0.25) is 0 Å². The number of carboxylic acid groups (broad SMARTS) is 1. The first-order valence-corrected chi connectivity index (χ1v) is 13.5. The second-order valence-electron chi connectivity index (χ2n) is 11.5. The first-order valence-electron chi connectivity index (χ1n) is 13.5. The Labute approximate surface area is 220 Å². The van der Waals surface area contributed by atoms with E-state index in [1.807, 2.05) is 6.07 Å². The van der Waals surface area contributed by atoms with Gasteiger partial charge in [0.05, 0.1) is 11.1 Å². The van der Waals surface area contributed by atoms with Crippen molar-refractivity contribution in [3.63, 3.8) is 0 Å². The summed E-state index contributed by atoms with van der Waals surface area (Å²) in [4.78, 5) is 68.2. The fourth-order valence-corrected chi connectivity index (χ4v) is 6.81. The van der Waals surface area contributed by atoms with Gasteiger partial charge in [-0.15, -0.1) is 0 Å². The minimum atomic E-state index is -0.954. The average Bonchev–Trinajstić information content (AvgIpc) is 3.12. The summed E-state index contributed by atoms with van der Waals surface area (Å²) in [7, 11) is 0. The summed E-state index contributed by atoms with van der Waals surface area (Å²) in [5.74, 6) is -1.49. The molecule has 11 heteroatoms. The van der Waals surface area contributed by atoms with Gasteiger partial charge in [-0.1, -0.05) is 0 Å². The summed E-state index contributed by atoms with van der Waals surface area (Å²) in [5, 5.41) is 11.3. The van der Waals surface area contributed by atoms with Crippen molar-refractivity contribution in [3.8, 4) is 0 Å². The molecule has 5 aliphatic heterocycles. The van der Waals surface area contributed by atoms with E-state index in [-0.39, 0.29) is 18.7 Å². The number of benzene rings is 1. The minimum absolute atomic E-state index is 0.103. The molecular formula is C27H33N5O6. The Balaban J connectivity index is 1.05. The SMILES string of the molecule is O=C1CCC(N2C(=O)c3ccc(N4CCC5(CCN(CC6CN(C(=O)O)C6)CC5)CC4)cc3C2=O)C(=O)N1. The van der Waals surface area contributed by atoms with Gasteiger partial charge < -0.3 is 19.8 Å². The molecule has 0 aromatic heterocycles. The summed E-state index contributed by atoms with van der Waals surface area (Å²) in [6.07, 6.45) is 3.87. The van der Waals surface area contributed by atoms with Crippen LogP contribution in [0.5, 0.6) is 0 Å². The van der Waals surface area contributed by atoms with Crippen molar-refractivity contribution in [2.24, 2.45) is 11.3 Å². The lowest BCUT2D eigenvalue weighted by molar-refractivity contribution is -0.136. The molecule has 5 heterocycles. The van der Waals surface area contributed by atoms with Gasteiger partial charge in [-0.25, -0.2) is 4.79 Å². The summed E-state index contributed by atoms with van der Waals surface area (Å²) >= 11 is 0. The number of piperidine rings is 3. The van der Waals surface area contributed by atoms with E-state index in [4.69, 9.17) is 5.11 Å². The van der Waals surface area contributed by atoms with Gasteiger partial charge in [0.2, 0.25) is 11.8 Å². The molecule has 1 aromatic rings. The largest absolute Gasteiger partial charge is 0.465 e. The Morgan fingerprint density at radius 1 is 0.947 bits per heavy atom. The van der Waals surface area contributed by atoms with Gasteiger partial charge in [-0.2, -0.15) is 0 Å². The number of nitrogens with zero attached hydrogens (tertiary/aromatic N) is 4. The molecule has 5 amide bonds. The number of hydrogen-bond acceptors (Lipinski definition) is 7. The standard InChI is InChI=1S/C27H33N5O6/c33-22-4-3-21(23(34)28-22)32-24(35)19-2-1-18(13-20(19)25(32)36)30-11-7-27(8-12-30)5-9-29(10-6-27)14-17-15-31(16-17)26(37)38/h1-2,13,17,21H,3-12,14-16H2,(H,37,38)(H,28,33,34). The van der Waals surface area contributed by atoms with Crippen LogP contribution in [0.1, 0.15) is 59.2 Å². The topological polar surface area (TPSA) is 131 Å². The fraction of sp³-hybridized carbons (Fsp3) is 0.593. The molecule has 202 valence electrons. The van der Waals surface area contributed by atoms with Crippen LogP contribution in [0.3, 0.4) is 0 Å². The van der Waals surface area contributed by atoms with Gasteiger partial charge in [0.25, 0.3) is 11.8 Å². The van der Waals surface area contributed by atoms with E-state index in [0.29, 0.717) is 35.5 Å². The van der Waals surface area contributed by atoms with Gasteiger partial charge in [0, 0.05) is 50.7 Å². The maximum Gasteiger partial charge on any atom is 0.407 e. The van der Waals surface area contributed by atoms with Crippen molar-refractivity contribution in [2.45, 2.75) is 44.6 Å². The van der Waals surface area contributed by atoms with E-state index in [1.165, 1.54) is 4.90 Å². The van der Waals surface area contributed by atoms with E-state index in [2.05, 4.69) is 15.1 Å². The molecule has 0 bridgehead atoms. The quantitative estimate of drug-likeness (QED) is 0.566. The van der Waals surface area contributed by atoms with Crippen LogP contribution in [-0.4, -0.2) is 101 Å². The number of likely N-dealkylation sites (tertiary alicyclic amines) is 2. The predicted octanol–water partition coefficient (Wildman–Crippen LogP) is 1.38. The molecule has 1 spiro atoms. The molecule has 2 N–H and O–H groups in total. The number of fused-ring (bicyclic) bond motifs is 1. The molecule has 0 radical (unpaired) electrons. The first kappa shape index (κ1) is 24.8. The van der Waals surface area contributed by atoms with E-state index in [1.54, 1.807) is 12.1 Å². The third kappa shape index (κ3) is 4.32. The third-order valence-electron chi connectivity index (χ3n) is 9.27. The molecule has 4 fully saturated rings. The van der Waals surface area contributed by atoms with Gasteiger partial charge >= 0.3 is 6.09 Å². The molecule has 6 rings (SSSR count). The number of anilines is 1. The Kier molecular flexibility index (Phi) is 6.13. The number of hydrogen-bond donors (Lipinski definition) is 2. The Morgan fingerprint density at radius 2 is 1.61 bits per heavy atom. The zero-order chi connectivity index (χ0) is 26.6. The first-order chi connectivity index (χ1) is 18.2. The zero-order valence-electron chi connectivity index (χ0n) is 21.4. The van der Waals surface area contributed by atoms with Crippen molar-refractivity contribution in [2.75, 3.05) is 50.7 Å². The highest BCUT2D eigenvalue weighted by Gasteiger charge is 2.45. The minimum Gasteiger partial charge on any atom is -0.465 e. The van der Waals surface area contributed by atoms with E-state index < -0.39 is 29.9 Å². The van der Waals surface area contributed by atoms with Crippen LogP contribution >= 0.6 is 0 Å². The number of rotatable bonds is 4. The van der Waals surface area contributed by atoms with E-state index >= 15 is 0 Å². The maximum atomic E-state index is 13.2. The van der Waals surface area contributed by atoms with Crippen molar-refractivity contribution < 1.29 is 29.1 Å². The van der Waals surface area contributed by atoms with Crippen molar-refractivity contribution in [1.29, 1.82) is 0 Å². The number of carbonyl (C=O) groups is 5. The molecule has 0 saturated carbocycles. The molecule has 11 nitrogen and oxygen atoms in total. The van der Waals surface area contributed by atoms with Crippen molar-refractivity contribution in [3.05, 3.63) is 29.3 Å². The van der Waals surface area contributed by atoms with Gasteiger partial charge in [0.1, 0.15) is 6.04 Å². The molecule has 1 unspecified atom stereocenters.